The molecule has 0 bridgehead atoms. The maximum Gasteiger partial charge on any atom is 0.303 e. The molecule has 7 heteroatoms. The summed E-state index contributed by atoms with van der Waals surface area (Å²) in [5, 5.41) is 16.4. The minimum Gasteiger partial charge on any atom is -0.481 e. The second-order valence-electron chi connectivity index (χ2n) is 4.27. The van der Waals surface area contributed by atoms with E-state index in [2.05, 4.69) is 10.3 Å². The van der Waals surface area contributed by atoms with Gasteiger partial charge in [0.1, 0.15) is 6.04 Å². The molecular weight excluding hydrogens is 248 g/mol. The Morgan fingerprint density at radius 2 is 2.05 bits per heavy atom. The van der Waals surface area contributed by atoms with E-state index in [-0.39, 0.29) is 12.3 Å². The smallest absolute Gasteiger partial charge is 0.303 e. The van der Waals surface area contributed by atoms with Gasteiger partial charge in [0.05, 0.1) is 12.1 Å². The van der Waals surface area contributed by atoms with Crippen LogP contribution in [0.2, 0.25) is 0 Å². The number of hydrogen-bond donors (Lipinski definition) is 1. The van der Waals surface area contributed by atoms with Gasteiger partial charge in [0, 0.05) is 25.7 Å². The van der Waals surface area contributed by atoms with Crippen molar-refractivity contribution in [1.82, 2.24) is 19.9 Å². The number of hydrogen-bond acceptors (Lipinski definition) is 4. The first-order chi connectivity index (χ1) is 8.99. The summed E-state index contributed by atoms with van der Waals surface area (Å²) >= 11 is 0. The van der Waals surface area contributed by atoms with Gasteiger partial charge in [-0.3, -0.25) is 9.59 Å². The first-order valence-electron chi connectivity index (χ1n) is 6.40. The van der Waals surface area contributed by atoms with E-state index in [1.54, 1.807) is 18.0 Å². The Balaban J connectivity index is 2.69. The molecule has 1 heterocycles. The SMILES string of the molecule is CCN(CC)C(=O)C(C)n1cc(CCC(=O)O)nn1. The average Bonchev–Trinajstić information content (AvgIpc) is 2.85. The van der Waals surface area contributed by atoms with Gasteiger partial charge in [-0.05, 0) is 20.8 Å². The van der Waals surface area contributed by atoms with Crippen molar-refractivity contribution in [3.8, 4) is 0 Å². The van der Waals surface area contributed by atoms with Crippen molar-refractivity contribution >= 4 is 11.9 Å². The van der Waals surface area contributed by atoms with Crippen LogP contribution in [0.15, 0.2) is 6.20 Å². The number of amides is 1. The van der Waals surface area contributed by atoms with E-state index in [9.17, 15) is 9.59 Å². The first-order valence-corrected chi connectivity index (χ1v) is 6.40. The predicted octanol–water partition coefficient (Wildman–Crippen LogP) is 0.725. The number of likely N-dealkylation sites (N-methyl/N-ethyl adjacent to an activating group) is 1. The van der Waals surface area contributed by atoms with Gasteiger partial charge in [-0.25, -0.2) is 4.68 Å². The van der Waals surface area contributed by atoms with Crippen LogP contribution in [0, 0.1) is 0 Å². The van der Waals surface area contributed by atoms with Crippen LogP contribution >= 0.6 is 0 Å². The molecule has 1 aromatic rings. The van der Waals surface area contributed by atoms with Crippen LogP contribution in [0.1, 0.15) is 38.9 Å². The minimum atomic E-state index is -0.873. The van der Waals surface area contributed by atoms with Crippen LogP contribution in [-0.2, 0) is 16.0 Å². The lowest BCUT2D eigenvalue weighted by Gasteiger charge is -2.22. The van der Waals surface area contributed by atoms with Crippen LogP contribution in [0.5, 0.6) is 0 Å². The Morgan fingerprint density at radius 3 is 2.58 bits per heavy atom. The molecule has 0 fully saturated rings. The van der Waals surface area contributed by atoms with Crippen LogP contribution < -0.4 is 0 Å². The van der Waals surface area contributed by atoms with Crippen molar-refractivity contribution in [2.24, 2.45) is 0 Å². The van der Waals surface area contributed by atoms with E-state index in [0.717, 1.165) is 0 Å². The average molecular weight is 268 g/mol. The number of rotatable bonds is 7. The highest BCUT2D eigenvalue weighted by Crippen LogP contribution is 2.10. The van der Waals surface area contributed by atoms with E-state index in [1.165, 1.54) is 4.68 Å². The number of carboxylic acids is 1. The quantitative estimate of drug-likeness (QED) is 0.787. The molecule has 19 heavy (non-hydrogen) atoms. The van der Waals surface area contributed by atoms with Crippen LogP contribution in [-0.4, -0.2) is 50.0 Å². The second kappa shape index (κ2) is 6.86. The van der Waals surface area contributed by atoms with Crippen molar-refractivity contribution in [3.05, 3.63) is 11.9 Å². The Hall–Kier alpha value is -1.92. The Bertz CT molecular complexity index is 440. The predicted molar refractivity (Wildman–Crippen MR) is 68.6 cm³/mol. The lowest BCUT2D eigenvalue weighted by atomic mass is 10.2. The van der Waals surface area contributed by atoms with Crippen molar-refractivity contribution in [3.63, 3.8) is 0 Å². The monoisotopic (exact) mass is 268 g/mol. The number of aliphatic carboxylic acids is 1. The highest BCUT2D eigenvalue weighted by Gasteiger charge is 2.21. The van der Waals surface area contributed by atoms with Gasteiger partial charge in [-0.2, -0.15) is 0 Å². The number of aryl methyl sites for hydroxylation is 1. The molecule has 1 N–H and O–H groups in total. The van der Waals surface area contributed by atoms with E-state index < -0.39 is 12.0 Å². The number of carboxylic acid groups (broad SMARTS) is 1. The largest absolute Gasteiger partial charge is 0.481 e. The van der Waals surface area contributed by atoms with E-state index in [0.29, 0.717) is 25.2 Å². The Kier molecular flexibility index (Phi) is 5.47. The van der Waals surface area contributed by atoms with Gasteiger partial charge < -0.3 is 10.0 Å². The fraction of sp³-hybridized carbons (Fsp3) is 0.667. The standard InChI is InChI=1S/C12H20N4O3/c1-4-15(5-2)12(19)9(3)16-8-10(13-14-16)6-7-11(17)18/h8-9H,4-7H2,1-3H3,(H,17,18). The molecule has 1 amide bonds. The summed E-state index contributed by atoms with van der Waals surface area (Å²) in [7, 11) is 0. The minimum absolute atomic E-state index is 0.0110. The molecule has 1 rings (SSSR count). The maximum absolute atomic E-state index is 12.1. The van der Waals surface area contributed by atoms with Crippen molar-refractivity contribution in [1.29, 1.82) is 0 Å². The molecule has 0 spiro atoms. The van der Waals surface area contributed by atoms with Gasteiger partial charge in [0.15, 0.2) is 0 Å². The van der Waals surface area contributed by atoms with Crippen LogP contribution in [0.25, 0.3) is 0 Å². The summed E-state index contributed by atoms with van der Waals surface area (Å²) in [6, 6.07) is -0.425. The molecule has 0 aromatic carbocycles. The van der Waals surface area contributed by atoms with E-state index in [1.807, 2.05) is 13.8 Å². The molecular formula is C12H20N4O3. The van der Waals surface area contributed by atoms with Gasteiger partial charge in [0.2, 0.25) is 5.91 Å². The molecule has 1 atom stereocenters. The summed E-state index contributed by atoms with van der Waals surface area (Å²) < 4.78 is 1.48. The highest BCUT2D eigenvalue weighted by molar-refractivity contribution is 5.79. The van der Waals surface area contributed by atoms with E-state index >= 15 is 0 Å². The van der Waals surface area contributed by atoms with Crippen molar-refractivity contribution < 1.29 is 14.7 Å². The first kappa shape index (κ1) is 15.1. The number of carbonyl (C=O) groups is 2. The molecule has 1 unspecified atom stereocenters. The van der Waals surface area contributed by atoms with Gasteiger partial charge in [-0.1, -0.05) is 5.21 Å². The van der Waals surface area contributed by atoms with E-state index in [4.69, 9.17) is 5.11 Å². The normalized spacial score (nSPS) is 12.2. The molecule has 0 saturated carbocycles. The zero-order valence-electron chi connectivity index (χ0n) is 11.5. The van der Waals surface area contributed by atoms with Gasteiger partial charge in [0.25, 0.3) is 0 Å². The maximum atomic E-state index is 12.1. The Labute approximate surface area is 112 Å². The molecule has 7 nitrogen and oxygen atoms in total. The Morgan fingerprint density at radius 1 is 1.42 bits per heavy atom. The molecule has 106 valence electrons. The fourth-order valence-corrected chi connectivity index (χ4v) is 1.76. The third-order valence-electron chi connectivity index (χ3n) is 2.98. The summed E-state index contributed by atoms with van der Waals surface area (Å²) in [6.07, 6.45) is 1.97. The molecule has 0 aliphatic rings. The third-order valence-corrected chi connectivity index (χ3v) is 2.98. The van der Waals surface area contributed by atoms with Crippen LogP contribution in [0.4, 0.5) is 0 Å². The van der Waals surface area contributed by atoms with Gasteiger partial charge in [-0.15, -0.1) is 5.10 Å². The van der Waals surface area contributed by atoms with Crippen LogP contribution in [0.3, 0.4) is 0 Å². The third kappa shape index (κ3) is 4.04. The lowest BCUT2D eigenvalue weighted by Crippen LogP contribution is -2.36. The molecule has 1 aromatic heterocycles. The number of carbonyl (C=O) groups excluding carboxylic acids is 1. The topological polar surface area (TPSA) is 88.3 Å². The molecule has 0 aliphatic heterocycles. The second-order valence-corrected chi connectivity index (χ2v) is 4.27. The van der Waals surface area contributed by atoms with Gasteiger partial charge >= 0.3 is 5.97 Å². The summed E-state index contributed by atoms with van der Waals surface area (Å²) in [5.41, 5.74) is 0.585. The number of aromatic nitrogens is 3. The number of nitrogens with zero attached hydrogens (tertiary/aromatic N) is 4. The zero-order chi connectivity index (χ0) is 14.4. The molecule has 0 saturated heterocycles. The molecule has 0 aliphatic carbocycles. The van der Waals surface area contributed by atoms with Crippen molar-refractivity contribution in [2.45, 2.75) is 39.7 Å². The zero-order valence-corrected chi connectivity index (χ0v) is 11.5. The molecule has 0 radical (unpaired) electrons. The fourth-order valence-electron chi connectivity index (χ4n) is 1.76. The lowest BCUT2D eigenvalue weighted by molar-refractivity contribution is -0.137. The highest BCUT2D eigenvalue weighted by atomic mass is 16.4. The summed E-state index contributed by atoms with van der Waals surface area (Å²) in [6.45, 7) is 6.91. The summed E-state index contributed by atoms with van der Waals surface area (Å²) in [4.78, 5) is 24.3. The van der Waals surface area contributed by atoms with Crippen molar-refractivity contribution in [2.75, 3.05) is 13.1 Å². The summed E-state index contributed by atoms with van der Waals surface area (Å²) in [5.74, 6) is -0.887.